The van der Waals surface area contributed by atoms with Gasteiger partial charge in [0.25, 0.3) is 0 Å². The van der Waals surface area contributed by atoms with Crippen molar-refractivity contribution in [3.63, 3.8) is 0 Å². The summed E-state index contributed by atoms with van der Waals surface area (Å²) < 4.78 is 0. The molecule has 0 saturated carbocycles. The lowest BCUT2D eigenvalue weighted by Gasteiger charge is -2.22. The van der Waals surface area contributed by atoms with E-state index in [0.717, 1.165) is 9.52 Å². The predicted molar refractivity (Wildman–Crippen MR) is 208 cm³/mol. The van der Waals surface area contributed by atoms with Gasteiger partial charge in [-0.1, -0.05) is 176 Å². The maximum atomic E-state index is 2.59. The highest BCUT2D eigenvalue weighted by atomic mass is 28.2. The molecule has 0 bridgehead atoms. The molecular weight excluding hydrogens is 581 g/mol. The largest absolute Gasteiger partial charge is 0.0625 e. The molecule has 0 spiro atoms. The van der Waals surface area contributed by atoms with Gasteiger partial charge in [-0.05, 0) is 92.1 Å². The van der Waals surface area contributed by atoms with Gasteiger partial charge >= 0.3 is 0 Å². The van der Waals surface area contributed by atoms with Crippen molar-refractivity contribution >= 4 is 21.7 Å². The Morgan fingerprint density at radius 1 is 0.468 bits per heavy atom. The van der Waals surface area contributed by atoms with E-state index in [2.05, 4.69) is 152 Å². The van der Waals surface area contributed by atoms with E-state index in [1.54, 1.807) is 22.3 Å². The summed E-state index contributed by atoms with van der Waals surface area (Å²) in [7, 11) is 0.922. The van der Waals surface area contributed by atoms with Crippen LogP contribution in [0.2, 0.25) is 12.1 Å². The molecule has 6 rings (SSSR count). The molecule has 0 heterocycles. The highest BCUT2D eigenvalue weighted by Gasteiger charge is 2.31. The van der Waals surface area contributed by atoms with Gasteiger partial charge in [-0.25, -0.2) is 0 Å². The van der Waals surface area contributed by atoms with Crippen molar-refractivity contribution in [2.75, 3.05) is 0 Å². The Kier molecular flexibility index (Phi) is 10.2. The minimum absolute atomic E-state index is 0.501. The molecule has 0 saturated heterocycles. The van der Waals surface area contributed by atoms with Crippen LogP contribution in [0.5, 0.6) is 0 Å². The van der Waals surface area contributed by atoms with Crippen LogP contribution in [0.3, 0.4) is 0 Å². The number of rotatable bonds is 12. The van der Waals surface area contributed by atoms with Gasteiger partial charge in [-0.3, -0.25) is 0 Å². The summed E-state index contributed by atoms with van der Waals surface area (Å²) in [5, 5.41) is 0. The van der Waals surface area contributed by atoms with Gasteiger partial charge < -0.3 is 0 Å². The second kappa shape index (κ2) is 14.4. The van der Waals surface area contributed by atoms with Crippen LogP contribution in [0, 0.1) is 11.8 Å². The Bertz CT molecular complexity index is 1650. The number of hydrogen-bond acceptors (Lipinski definition) is 0. The van der Waals surface area contributed by atoms with E-state index in [0.29, 0.717) is 35.5 Å². The van der Waals surface area contributed by atoms with E-state index in [4.69, 9.17) is 0 Å². The Morgan fingerprint density at radius 2 is 0.851 bits per heavy atom. The number of allylic oxidation sites excluding steroid dienone is 2. The molecule has 0 nitrogen and oxygen atoms in total. The minimum atomic E-state index is 0.501. The summed E-state index contributed by atoms with van der Waals surface area (Å²) in [5.74, 6) is 3.37. The lowest BCUT2D eigenvalue weighted by atomic mass is 9.87. The van der Waals surface area contributed by atoms with E-state index in [-0.39, 0.29) is 0 Å². The van der Waals surface area contributed by atoms with E-state index < -0.39 is 0 Å². The van der Waals surface area contributed by atoms with Crippen LogP contribution in [-0.4, -0.2) is 9.52 Å². The predicted octanol–water partition coefficient (Wildman–Crippen LogP) is 13.6. The van der Waals surface area contributed by atoms with E-state index in [9.17, 15) is 0 Å². The van der Waals surface area contributed by atoms with Gasteiger partial charge in [-0.15, -0.1) is 0 Å². The Labute approximate surface area is 288 Å². The normalized spacial score (nSPS) is 17.1. The molecule has 4 aromatic carbocycles. The highest BCUT2D eigenvalue weighted by Crippen LogP contribution is 2.49. The van der Waals surface area contributed by atoms with Crippen molar-refractivity contribution in [2.24, 2.45) is 11.8 Å². The van der Waals surface area contributed by atoms with E-state index in [1.165, 1.54) is 69.4 Å². The standard InChI is InChI=1S/C46H54Si/c1-29(2)23-33-25-43-39(37-17-11-9-15-35(37)31(5)6)19-13-21-41(43)45(33)27-47-28-46-34(24-30(3)4)26-44-40(20-14-22-42(44)46)38-18-12-10-16-36(38)32(7)8/h9-22,25-26,29-32,45-46H,23-24,27-28H2,1-8H3. The maximum Gasteiger partial charge on any atom is 0.0397 e. The van der Waals surface area contributed by atoms with Crippen molar-refractivity contribution in [1.82, 2.24) is 0 Å². The Morgan fingerprint density at radius 3 is 1.23 bits per heavy atom. The molecule has 2 aliphatic carbocycles. The molecular formula is C46H54Si. The van der Waals surface area contributed by atoms with Crippen molar-refractivity contribution in [3.05, 3.63) is 129 Å². The van der Waals surface area contributed by atoms with Gasteiger partial charge in [-0.2, -0.15) is 0 Å². The molecule has 0 fully saturated rings. The smallest absolute Gasteiger partial charge is 0.0397 e. The van der Waals surface area contributed by atoms with Crippen molar-refractivity contribution in [3.8, 4) is 22.3 Å². The van der Waals surface area contributed by atoms with Crippen molar-refractivity contribution in [1.29, 1.82) is 0 Å². The first-order valence-corrected chi connectivity index (χ1v) is 19.6. The van der Waals surface area contributed by atoms with Crippen LogP contribution in [0.15, 0.2) is 96.1 Å². The monoisotopic (exact) mass is 634 g/mol. The molecule has 242 valence electrons. The molecule has 0 aliphatic heterocycles. The topological polar surface area (TPSA) is 0 Å². The zero-order chi connectivity index (χ0) is 33.2. The molecule has 4 aromatic rings. The third-order valence-corrected chi connectivity index (χ3v) is 11.7. The highest BCUT2D eigenvalue weighted by molar-refractivity contribution is 6.36. The Hall–Kier alpha value is -3.42. The molecule has 0 amide bonds. The molecule has 2 unspecified atom stereocenters. The molecule has 0 aromatic heterocycles. The van der Waals surface area contributed by atoms with Crippen LogP contribution < -0.4 is 0 Å². The Balaban J connectivity index is 1.30. The average Bonchev–Trinajstić information content (AvgIpc) is 3.57. The first-order chi connectivity index (χ1) is 22.6. The zero-order valence-corrected chi connectivity index (χ0v) is 31.0. The van der Waals surface area contributed by atoms with Crippen LogP contribution in [0.4, 0.5) is 0 Å². The molecule has 2 aliphatic rings. The van der Waals surface area contributed by atoms with Crippen LogP contribution in [0.25, 0.3) is 34.4 Å². The van der Waals surface area contributed by atoms with Crippen LogP contribution in [0.1, 0.15) is 125 Å². The first kappa shape index (κ1) is 33.5. The SMILES string of the molecule is CC(C)CC1=Cc2c(-c3ccccc3C(C)C)cccc2C1C[Si]CC1C(CC(C)C)=Cc2c(-c3ccccc3C(C)C)cccc21. The van der Waals surface area contributed by atoms with Crippen molar-refractivity contribution in [2.45, 2.75) is 104 Å². The lowest BCUT2D eigenvalue weighted by Crippen LogP contribution is -2.10. The summed E-state index contributed by atoms with van der Waals surface area (Å²) >= 11 is 0. The summed E-state index contributed by atoms with van der Waals surface area (Å²) in [4.78, 5) is 0. The van der Waals surface area contributed by atoms with Gasteiger partial charge in [0.05, 0.1) is 0 Å². The van der Waals surface area contributed by atoms with Crippen LogP contribution >= 0.6 is 0 Å². The van der Waals surface area contributed by atoms with Gasteiger partial charge in [0, 0.05) is 21.4 Å². The quantitative estimate of drug-likeness (QED) is 0.136. The second-order valence-electron chi connectivity index (χ2n) is 15.5. The van der Waals surface area contributed by atoms with E-state index in [1.807, 2.05) is 0 Å². The lowest BCUT2D eigenvalue weighted by molar-refractivity contribution is 0.616. The maximum absolute atomic E-state index is 2.59. The fraction of sp³-hybridized carbons (Fsp3) is 0.391. The van der Waals surface area contributed by atoms with Gasteiger partial charge in [0.15, 0.2) is 0 Å². The zero-order valence-electron chi connectivity index (χ0n) is 30.0. The summed E-state index contributed by atoms with van der Waals surface area (Å²) in [6.45, 7) is 18.8. The molecule has 0 N–H and O–H groups in total. The number of hydrogen-bond donors (Lipinski definition) is 0. The fourth-order valence-electron chi connectivity index (χ4n) is 8.23. The fourth-order valence-corrected chi connectivity index (χ4v) is 9.94. The van der Waals surface area contributed by atoms with Gasteiger partial charge in [0.2, 0.25) is 0 Å². The van der Waals surface area contributed by atoms with E-state index >= 15 is 0 Å². The number of benzene rings is 4. The summed E-state index contributed by atoms with van der Waals surface area (Å²) in [6, 6.07) is 34.9. The third kappa shape index (κ3) is 6.93. The third-order valence-electron chi connectivity index (χ3n) is 10.3. The second-order valence-corrected chi connectivity index (χ2v) is 16.8. The molecule has 47 heavy (non-hydrogen) atoms. The van der Waals surface area contributed by atoms with Gasteiger partial charge in [0.1, 0.15) is 0 Å². The molecule has 2 atom stereocenters. The van der Waals surface area contributed by atoms with Crippen molar-refractivity contribution < 1.29 is 0 Å². The number of fused-ring (bicyclic) bond motifs is 2. The average molecular weight is 635 g/mol. The molecule has 2 radical (unpaired) electrons. The summed E-state index contributed by atoms with van der Waals surface area (Å²) in [6.07, 6.45) is 7.53. The van der Waals surface area contributed by atoms with Crippen LogP contribution in [-0.2, 0) is 0 Å². The first-order valence-electron chi connectivity index (χ1n) is 18.2. The summed E-state index contributed by atoms with van der Waals surface area (Å²) in [5.41, 5.74) is 17.9. The minimum Gasteiger partial charge on any atom is -0.0625 e. The molecule has 1 heteroatoms.